The molecule has 0 atom stereocenters. The molecule has 138 valence electrons. The van der Waals surface area contributed by atoms with Gasteiger partial charge in [0, 0.05) is 31.8 Å². The Morgan fingerprint density at radius 1 is 1.19 bits per heavy atom. The van der Waals surface area contributed by atoms with Gasteiger partial charge in [-0.1, -0.05) is 6.07 Å². The molecule has 1 N–H and O–H groups in total. The van der Waals surface area contributed by atoms with Crippen molar-refractivity contribution in [3.63, 3.8) is 0 Å². The van der Waals surface area contributed by atoms with Crippen molar-refractivity contribution in [2.45, 2.75) is 25.8 Å². The molecule has 2 aliphatic rings. The summed E-state index contributed by atoms with van der Waals surface area (Å²) in [5.74, 6) is 1.46. The van der Waals surface area contributed by atoms with Crippen LogP contribution in [0.5, 0.6) is 5.75 Å². The van der Waals surface area contributed by atoms with Crippen molar-refractivity contribution in [2.24, 2.45) is 0 Å². The summed E-state index contributed by atoms with van der Waals surface area (Å²) >= 11 is 0. The number of benzene rings is 1. The minimum atomic E-state index is -0.0116. The lowest BCUT2D eigenvalue weighted by atomic mass is 9.99. The molecule has 0 bridgehead atoms. The van der Waals surface area contributed by atoms with Crippen LogP contribution in [0.4, 0.5) is 5.82 Å². The number of carbonyl (C=O) groups is 2. The van der Waals surface area contributed by atoms with Gasteiger partial charge in [0.2, 0.25) is 11.8 Å². The highest BCUT2D eigenvalue weighted by Crippen LogP contribution is 2.24. The summed E-state index contributed by atoms with van der Waals surface area (Å²) in [4.78, 5) is 30.1. The van der Waals surface area contributed by atoms with E-state index in [-0.39, 0.29) is 11.8 Å². The Kier molecular flexibility index (Phi) is 4.62. The van der Waals surface area contributed by atoms with Gasteiger partial charge in [0.1, 0.15) is 11.6 Å². The fourth-order valence-corrected chi connectivity index (χ4v) is 3.48. The Morgan fingerprint density at radius 3 is 2.93 bits per heavy atom. The van der Waals surface area contributed by atoms with Crippen molar-refractivity contribution in [3.05, 3.63) is 58.8 Å². The lowest BCUT2D eigenvalue weighted by molar-refractivity contribution is -0.126. The number of hydrogen-bond acceptors (Lipinski definition) is 4. The van der Waals surface area contributed by atoms with Crippen molar-refractivity contribution in [2.75, 3.05) is 19.0 Å². The Bertz CT molecular complexity index is 936. The predicted octanol–water partition coefficient (Wildman–Crippen LogP) is 2.57. The first kappa shape index (κ1) is 17.3. The van der Waals surface area contributed by atoms with Crippen LogP contribution in [-0.2, 0) is 29.0 Å². The number of hydrogen-bond donors (Lipinski definition) is 1. The number of methoxy groups -OCH3 is 1. The highest BCUT2D eigenvalue weighted by Gasteiger charge is 2.20. The number of pyridine rings is 1. The third kappa shape index (κ3) is 3.69. The Balaban J connectivity index is 1.44. The molecule has 2 amide bonds. The molecule has 1 aromatic carbocycles. The van der Waals surface area contributed by atoms with Gasteiger partial charge in [0.05, 0.1) is 7.11 Å². The van der Waals surface area contributed by atoms with Crippen molar-refractivity contribution in [1.82, 2.24) is 9.88 Å². The second-order valence-electron chi connectivity index (χ2n) is 6.80. The number of rotatable bonds is 3. The first-order chi connectivity index (χ1) is 13.1. The molecular weight excluding hydrogens is 342 g/mol. The van der Waals surface area contributed by atoms with Gasteiger partial charge in [0.15, 0.2) is 0 Å². The number of amides is 2. The van der Waals surface area contributed by atoms with Gasteiger partial charge in [-0.05, 0) is 59.4 Å². The Hall–Kier alpha value is -3.15. The molecule has 0 saturated heterocycles. The summed E-state index contributed by atoms with van der Waals surface area (Å²) in [6.45, 7) is 1.30. The van der Waals surface area contributed by atoms with Crippen LogP contribution in [0.25, 0.3) is 6.08 Å². The maximum absolute atomic E-state index is 12.6. The van der Waals surface area contributed by atoms with E-state index < -0.39 is 0 Å². The molecule has 2 aliphatic heterocycles. The van der Waals surface area contributed by atoms with E-state index in [0.717, 1.165) is 28.9 Å². The third-order valence-corrected chi connectivity index (χ3v) is 5.02. The maximum Gasteiger partial charge on any atom is 0.246 e. The second-order valence-corrected chi connectivity index (χ2v) is 6.80. The van der Waals surface area contributed by atoms with Crippen LogP contribution in [-0.4, -0.2) is 35.4 Å². The molecule has 0 radical (unpaired) electrons. The normalized spacial score (nSPS) is 15.9. The average Bonchev–Trinajstić information content (AvgIpc) is 2.71. The molecule has 1 aromatic heterocycles. The molecule has 3 heterocycles. The summed E-state index contributed by atoms with van der Waals surface area (Å²) in [6, 6.07) is 7.98. The molecule has 0 spiro atoms. The number of ether oxygens (including phenoxy) is 1. The topological polar surface area (TPSA) is 71.5 Å². The van der Waals surface area contributed by atoms with Crippen LogP contribution in [0.3, 0.4) is 0 Å². The predicted molar refractivity (Wildman–Crippen MR) is 102 cm³/mol. The van der Waals surface area contributed by atoms with Crippen LogP contribution in [0.1, 0.15) is 28.7 Å². The zero-order valence-electron chi connectivity index (χ0n) is 15.2. The summed E-state index contributed by atoms with van der Waals surface area (Å²) in [5, 5.41) is 2.76. The van der Waals surface area contributed by atoms with Crippen molar-refractivity contribution < 1.29 is 14.3 Å². The number of nitrogens with zero attached hydrogens (tertiary/aromatic N) is 2. The molecule has 0 unspecified atom stereocenters. The third-order valence-electron chi connectivity index (χ3n) is 5.02. The van der Waals surface area contributed by atoms with Crippen LogP contribution < -0.4 is 10.1 Å². The molecule has 2 aromatic rings. The van der Waals surface area contributed by atoms with Crippen LogP contribution in [0.2, 0.25) is 0 Å². The SMILES string of the molecule is COc1ccc2c(c1)CCN(C(=O)C=Cc1cnc3c(c1)CCC(=O)N3)C2. The molecule has 27 heavy (non-hydrogen) atoms. The van der Waals surface area contributed by atoms with Crippen LogP contribution in [0, 0.1) is 0 Å². The molecule has 6 heteroatoms. The van der Waals surface area contributed by atoms with Gasteiger partial charge in [-0.15, -0.1) is 0 Å². The van der Waals surface area contributed by atoms with E-state index in [0.29, 0.717) is 31.7 Å². The highest BCUT2D eigenvalue weighted by molar-refractivity contribution is 5.94. The number of fused-ring (bicyclic) bond motifs is 2. The molecule has 6 nitrogen and oxygen atoms in total. The first-order valence-electron chi connectivity index (χ1n) is 9.04. The maximum atomic E-state index is 12.6. The van der Waals surface area contributed by atoms with E-state index in [9.17, 15) is 9.59 Å². The summed E-state index contributed by atoms with van der Waals surface area (Å²) in [6.07, 6.45) is 7.03. The molecular formula is C21H21N3O3. The van der Waals surface area contributed by atoms with E-state index in [1.165, 1.54) is 5.56 Å². The van der Waals surface area contributed by atoms with Gasteiger partial charge in [-0.25, -0.2) is 4.98 Å². The van der Waals surface area contributed by atoms with E-state index in [1.807, 2.05) is 29.2 Å². The number of aromatic nitrogens is 1. The Labute approximate surface area is 157 Å². The quantitative estimate of drug-likeness (QED) is 0.851. The minimum absolute atomic E-state index is 0.00327. The molecule has 0 fully saturated rings. The zero-order valence-corrected chi connectivity index (χ0v) is 15.2. The molecule has 0 saturated carbocycles. The lowest BCUT2D eigenvalue weighted by Crippen LogP contribution is -2.34. The highest BCUT2D eigenvalue weighted by atomic mass is 16.5. The molecule has 0 aliphatic carbocycles. The standard InChI is InChI=1S/C21H21N3O3/c1-27-18-5-3-17-13-24(9-8-15(17)11-18)20(26)7-2-14-10-16-4-6-19(25)23-21(16)22-12-14/h2-3,5,7,10-12H,4,6,8-9,13H2,1H3,(H,22,23,25). The van der Waals surface area contributed by atoms with Crippen LogP contribution in [0.15, 0.2) is 36.5 Å². The Morgan fingerprint density at radius 2 is 2.07 bits per heavy atom. The monoisotopic (exact) mass is 363 g/mol. The second kappa shape index (κ2) is 7.23. The molecule has 4 rings (SSSR count). The fourth-order valence-electron chi connectivity index (χ4n) is 3.48. The van der Waals surface area contributed by atoms with Gasteiger partial charge in [0.25, 0.3) is 0 Å². The van der Waals surface area contributed by atoms with Gasteiger partial charge in [-0.2, -0.15) is 0 Å². The van der Waals surface area contributed by atoms with Crippen molar-refractivity contribution in [1.29, 1.82) is 0 Å². The summed E-state index contributed by atoms with van der Waals surface area (Å²) in [5.41, 5.74) is 4.27. The smallest absolute Gasteiger partial charge is 0.246 e. The van der Waals surface area contributed by atoms with E-state index in [2.05, 4.69) is 10.3 Å². The number of carbonyl (C=O) groups excluding carboxylic acids is 2. The number of nitrogens with one attached hydrogen (secondary N) is 1. The first-order valence-corrected chi connectivity index (χ1v) is 9.04. The fraction of sp³-hybridized carbons (Fsp3) is 0.286. The number of aryl methyl sites for hydroxylation is 1. The lowest BCUT2D eigenvalue weighted by Gasteiger charge is -2.28. The minimum Gasteiger partial charge on any atom is -0.497 e. The number of anilines is 1. The summed E-state index contributed by atoms with van der Waals surface area (Å²) in [7, 11) is 1.66. The summed E-state index contributed by atoms with van der Waals surface area (Å²) < 4.78 is 5.27. The van der Waals surface area contributed by atoms with Crippen molar-refractivity contribution >= 4 is 23.7 Å². The van der Waals surface area contributed by atoms with E-state index in [1.54, 1.807) is 25.5 Å². The van der Waals surface area contributed by atoms with E-state index in [4.69, 9.17) is 4.74 Å². The average molecular weight is 363 g/mol. The van der Waals surface area contributed by atoms with Gasteiger partial charge >= 0.3 is 0 Å². The zero-order chi connectivity index (χ0) is 18.8. The van der Waals surface area contributed by atoms with Crippen LogP contribution >= 0.6 is 0 Å². The van der Waals surface area contributed by atoms with Crippen molar-refractivity contribution in [3.8, 4) is 5.75 Å². The van der Waals surface area contributed by atoms with Gasteiger partial charge < -0.3 is 15.0 Å². The van der Waals surface area contributed by atoms with Gasteiger partial charge in [-0.3, -0.25) is 9.59 Å². The largest absolute Gasteiger partial charge is 0.497 e. The van der Waals surface area contributed by atoms with E-state index >= 15 is 0 Å².